The van der Waals surface area contributed by atoms with Crippen molar-refractivity contribution in [3.63, 3.8) is 0 Å². The van der Waals surface area contributed by atoms with Crippen LogP contribution in [0.3, 0.4) is 0 Å². The first kappa shape index (κ1) is 34.4. The Balaban J connectivity index is 1.48. The fraction of sp³-hybridized carbons (Fsp3) is 0.576. The van der Waals surface area contributed by atoms with Crippen LogP contribution in [0.1, 0.15) is 51.8 Å². The van der Waals surface area contributed by atoms with Crippen molar-refractivity contribution < 1.29 is 33.4 Å². The minimum absolute atomic E-state index is 0.0589. The summed E-state index contributed by atoms with van der Waals surface area (Å²) in [6.45, 7) is 9.22. The van der Waals surface area contributed by atoms with Crippen LogP contribution in [-0.2, 0) is 19.1 Å². The molecule has 0 spiro atoms. The Kier molecular flexibility index (Phi) is 12.4. The van der Waals surface area contributed by atoms with Gasteiger partial charge in [0.2, 0.25) is 0 Å². The summed E-state index contributed by atoms with van der Waals surface area (Å²) in [5.41, 5.74) is 1.86. The number of aromatic nitrogens is 2. The Hall–Kier alpha value is -3.45. The van der Waals surface area contributed by atoms with E-state index in [-0.39, 0.29) is 24.4 Å². The molecule has 2 aliphatic heterocycles. The number of carbonyl (C=O) groups excluding carboxylic acids is 3. The molecule has 1 amide bonds. The average molecular weight is 628 g/mol. The highest BCUT2D eigenvalue weighted by atomic mass is 19.1. The van der Waals surface area contributed by atoms with Crippen LogP contribution in [-0.4, -0.2) is 102 Å². The third-order valence-corrected chi connectivity index (χ3v) is 8.75. The third-order valence-electron chi connectivity index (χ3n) is 8.75. The van der Waals surface area contributed by atoms with E-state index in [1.54, 1.807) is 27.9 Å². The number of halogens is 1. The van der Waals surface area contributed by atoms with Crippen LogP contribution < -0.4 is 5.32 Å². The summed E-state index contributed by atoms with van der Waals surface area (Å²) in [4.78, 5) is 40.0. The molecule has 0 radical (unpaired) electrons. The van der Waals surface area contributed by atoms with Gasteiger partial charge < -0.3 is 34.0 Å². The van der Waals surface area contributed by atoms with Gasteiger partial charge in [-0.2, -0.15) is 5.10 Å². The van der Waals surface area contributed by atoms with Gasteiger partial charge in [0.25, 0.3) is 0 Å². The van der Waals surface area contributed by atoms with E-state index in [1.165, 1.54) is 6.07 Å². The van der Waals surface area contributed by atoms with Crippen molar-refractivity contribution in [3.05, 3.63) is 47.4 Å². The van der Waals surface area contributed by atoms with Crippen LogP contribution in [0.5, 0.6) is 0 Å². The molecular weight excluding hydrogens is 581 g/mol. The fourth-order valence-corrected chi connectivity index (χ4v) is 5.70. The third kappa shape index (κ3) is 9.29. The standard InChI is InChI=1S/C33H46FN5O6/c1-22(6-8-31(23(2)5-7-26(42)9-14-40)45-33(43)38-12-10-37(4)11-13-38)28(19-41)24(3)15-25-16-29(34)27-18-39(36-30(27)17-25)32-20-44-21-35-32/h6,8,14-19,22-23,26,28,31-32,35,42H,5,7,9-13,20-21H2,1-4H3/b8-6+,24-15+/t22-,23-,26+,28-,31-,32?/m0/s1. The highest BCUT2D eigenvalue weighted by Gasteiger charge is 2.27. The topological polar surface area (TPSA) is 126 Å². The molecule has 246 valence electrons. The number of fused-ring (bicyclic) bond motifs is 1. The molecule has 45 heavy (non-hydrogen) atoms. The highest BCUT2D eigenvalue weighted by Crippen LogP contribution is 2.27. The maximum atomic E-state index is 15.0. The second-order valence-electron chi connectivity index (χ2n) is 12.3. The summed E-state index contributed by atoms with van der Waals surface area (Å²) >= 11 is 0. The van der Waals surface area contributed by atoms with Crippen LogP contribution in [0.25, 0.3) is 17.0 Å². The summed E-state index contributed by atoms with van der Waals surface area (Å²) in [5.74, 6) is -1.30. The van der Waals surface area contributed by atoms with Crippen LogP contribution in [0, 0.1) is 23.6 Å². The number of nitrogens with zero attached hydrogens (tertiary/aromatic N) is 4. The van der Waals surface area contributed by atoms with Crippen molar-refractivity contribution in [2.45, 2.75) is 58.4 Å². The molecule has 0 bridgehead atoms. The average Bonchev–Trinajstić information content (AvgIpc) is 3.70. The lowest BCUT2D eigenvalue weighted by Gasteiger charge is -2.33. The van der Waals surface area contributed by atoms with E-state index in [2.05, 4.69) is 15.3 Å². The molecule has 2 aromatic rings. The maximum Gasteiger partial charge on any atom is 0.410 e. The van der Waals surface area contributed by atoms with Gasteiger partial charge >= 0.3 is 6.09 Å². The Morgan fingerprint density at radius 1 is 1.20 bits per heavy atom. The number of amides is 1. The second-order valence-corrected chi connectivity index (χ2v) is 12.3. The summed E-state index contributed by atoms with van der Waals surface area (Å²) in [7, 11) is 2.01. The van der Waals surface area contributed by atoms with E-state index < -0.39 is 30.0 Å². The molecule has 2 fully saturated rings. The van der Waals surface area contributed by atoms with Gasteiger partial charge in [-0.15, -0.1) is 0 Å². The van der Waals surface area contributed by atoms with Crippen molar-refractivity contribution in [2.24, 2.45) is 17.8 Å². The van der Waals surface area contributed by atoms with E-state index in [0.717, 1.165) is 24.9 Å². The molecule has 0 aliphatic carbocycles. The molecule has 1 aromatic heterocycles. The molecule has 1 aromatic carbocycles. The van der Waals surface area contributed by atoms with Gasteiger partial charge in [0, 0.05) is 44.7 Å². The Bertz CT molecular complexity index is 1360. The number of benzene rings is 1. The summed E-state index contributed by atoms with van der Waals surface area (Å²) < 4.78 is 28.0. The zero-order valence-corrected chi connectivity index (χ0v) is 26.6. The zero-order valence-electron chi connectivity index (χ0n) is 26.6. The summed E-state index contributed by atoms with van der Waals surface area (Å²) in [6.07, 6.45) is 7.82. The van der Waals surface area contributed by atoms with E-state index >= 15 is 4.39 Å². The molecule has 0 saturated carbocycles. The number of allylic oxidation sites excluding steroid dienone is 2. The van der Waals surface area contributed by atoms with Crippen molar-refractivity contribution in [2.75, 3.05) is 46.6 Å². The number of likely N-dealkylation sites (N-methyl/N-ethyl adjacent to an activating group) is 1. The van der Waals surface area contributed by atoms with Crippen LogP contribution in [0.15, 0.2) is 36.1 Å². The SMILES string of the molecule is C/C(=C\c1cc(F)c2cn(C3COCN3)nc2c1)[C@@H](C=O)[C@@H](C)/C=C/[C@H](OC(=O)N1CCN(C)CC1)[C@@H](C)CC[C@@H](O)CC=O. The lowest BCUT2D eigenvalue weighted by atomic mass is 9.86. The lowest BCUT2D eigenvalue weighted by Crippen LogP contribution is -2.48. The molecule has 1 unspecified atom stereocenters. The minimum Gasteiger partial charge on any atom is -0.442 e. The molecule has 4 rings (SSSR count). The molecule has 2 saturated heterocycles. The first-order valence-electron chi connectivity index (χ1n) is 15.7. The maximum absolute atomic E-state index is 15.0. The Morgan fingerprint density at radius 3 is 2.62 bits per heavy atom. The van der Waals surface area contributed by atoms with Gasteiger partial charge in [0.05, 0.1) is 30.3 Å². The normalized spacial score (nSPS) is 21.5. The Morgan fingerprint density at radius 2 is 1.96 bits per heavy atom. The quantitative estimate of drug-likeness (QED) is 0.238. The van der Waals surface area contributed by atoms with Crippen LogP contribution >= 0.6 is 0 Å². The summed E-state index contributed by atoms with van der Waals surface area (Å²) in [5, 5.41) is 18.2. The van der Waals surface area contributed by atoms with E-state index in [1.807, 2.05) is 40.0 Å². The number of rotatable bonds is 14. The van der Waals surface area contributed by atoms with Crippen molar-refractivity contribution in [1.29, 1.82) is 0 Å². The Labute approximate surface area is 264 Å². The summed E-state index contributed by atoms with van der Waals surface area (Å²) in [6, 6.07) is 3.23. The molecule has 11 nitrogen and oxygen atoms in total. The van der Waals surface area contributed by atoms with Crippen molar-refractivity contribution >= 4 is 35.6 Å². The van der Waals surface area contributed by atoms with E-state index in [0.29, 0.717) is 62.0 Å². The van der Waals surface area contributed by atoms with Gasteiger partial charge in [0.1, 0.15) is 30.7 Å². The number of hydrogen-bond donors (Lipinski definition) is 2. The van der Waals surface area contributed by atoms with Gasteiger partial charge in [-0.3, -0.25) is 10.00 Å². The molecular formula is C33H46FN5O6. The van der Waals surface area contributed by atoms with E-state index in [9.17, 15) is 19.5 Å². The number of piperazine rings is 1. The van der Waals surface area contributed by atoms with Gasteiger partial charge in [-0.1, -0.05) is 31.6 Å². The zero-order chi connectivity index (χ0) is 32.5. The largest absolute Gasteiger partial charge is 0.442 e. The number of aldehydes is 2. The van der Waals surface area contributed by atoms with Crippen LogP contribution in [0.2, 0.25) is 0 Å². The monoisotopic (exact) mass is 627 g/mol. The van der Waals surface area contributed by atoms with Gasteiger partial charge in [0.15, 0.2) is 0 Å². The number of aliphatic hydroxyl groups is 1. The van der Waals surface area contributed by atoms with Crippen molar-refractivity contribution in [3.8, 4) is 0 Å². The molecule has 2 N–H and O–H groups in total. The van der Waals surface area contributed by atoms with E-state index in [4.69, 9.17) is 9.47 Å². The van der Waals surface area contributed by atoms with Crippen molar-refractivity contribution in [1.82, 2.24) is 24.9 Å². The first-order valence-corrected chi connectivity index (χ1v) is 15.7. The number of aliphatic hydroxyl groups excluding tert-OH is 1. The van der Waals surface area contributed by atoms with Gasteiger partial charge in [-0.05, 0) is 62.4 Å². The van der Waals surface area contributed by atoms with Crippen LogP contribution in [0.4, 0.5) is 9.18 Å². The fourth-order valence-electron chi connectivity index (χ4n) is 5.70. The predicted octanol–water partition coefficient (Wildman–Crippen LogP) is 3.78. The minimum atomic E-state index is -0.750. The first-order chi connectivity index (χ1) is 21.6. The lowest BCUT2D eigenvalue weighted by molar-refractivity contribution is -0.111. The number of hydrogen-bond acceptors (Lipinski definition) is 9. The predicted molar refractivity (Wildman–Crippen MR) is 169 cm³/mol. The molecule has 3 heterocycles. The highest BCUT2D eigenvalue weighted by molar-refractivity contribution is 5.82. The number of nitrogens with one attached hydrogen (secondary N) is 1. The molecule has 2 aliphatic rings. The number of carbonyl (C=O) groups is 3. The molecule has 12 heteroatoms. The number of ether oxygens (including phenoxy) is 2. The molecule has 6 atom stereocenters. The smallest absolute Gasteiger partial charge is 0.410 e. The second kappa shape index (κ2) is 16.2. The van der Waals surface area contributed by atoms with Gasteiger partial charge in [-0.25, -0.2) is 9.18 Å².